The second-order valence-electron chi connectivity index (χ2n) is 3.95. The van der Waals surface area contributed by atoms with Gasteiger partial charge >= 0.3 is 0 Å². The molecule has 1 aliphatic carbocycles. The highest BCUT2D eigenvalue weighted by Gasteiger charge is 2.21. The van der Waals surface area contributed by atoms with E-state index < -0.39 is 0 Å². The number of rotatable bonds is 1. The number of hydrogen-bond donors (Lipinski definition) is 1. The van der Waals surface area contributed by atoms with E-state index in [1.54, 1.807) is 6.92 Å². The van der Waals surface area contributed by atoms with Crippen LogP contribution in [0, 0.1) is 0 Å². The summed E-state index contributed by atoms with van der Waals surface area (Å²) in [5, 5.41) is 3.79. The average Bonchev–Trinajstić information content (AvgIpc) is 2.19. The van der Waals surface area contributed by atoms with Gasteiger partial charge in [-0.1, -0.05) is 23.7 Å². The van der Waals surface area contributed by atoms with E-state index in [0.717, 1.165) is 24.3 Å². The molecule has 2 rings (SSSR count). The van der Waals surface area contributed by atoms with Crippen molar-refractivity contribution in [1.82, 2.24) is 5.32 Å². The molecule has 15 heavy (non-hydrogen) atoms. The lowest BCUT2D eigenvalue weighted by Gasteiger charge is -2.26. The minimum atomic E-state index is 0.0211. The third kappa shape index (κ3) is 2.15. The number of carbonyl (C=O) groups excluding carboxylic acids is 1. The van der Waals surface area contributed by atoms with E-state index in [9.17, 15) is 4.79 Å². The lowest BCUT2D eigenvalue weighted by molar-refractivity contribution is -0.119. The van der Waals surface area contributed by atoms with E-state index in [1.165, 1.54) is 11.1 Å². The van der Waals surface area contributed by atoms with Crippen LogP contribution in [0.4, 0.5) is 0 Å². The van der Waals surface area contributed by atoms with Gasteiger partial charge in [-0.25, -0.2) is 0 Å². The molecule has 0 fully saturated rings. The van der Waals surface area contributed by atoms with Crippen LogP contribution in [0.15, 0.2) is 18.2 Å². The molecule has 2 nitrogen and oxygen atoms in total. The zero-order valence-corrected chi connectivity index (χ0v) is 9.47. The summed E-state index contributed by atoms with van der Waals surface area (Å²) in [6.07, 6.45) is 3.11. The number of fused-ring (bicyclic) bond motifs is 1. The van der Waals surface area contributed by atoms with Crippen LogP contribution in [0.3, 0.4) is 0 Å². The Kier molecular flexibility index (Phi) is 2.96. The van der Waals surface area contributed by atoms with Gasteiger partial charge in [0.2, 0.25) is 5.91 Å². The zero-order valence-electron chi connectivity index (χ0n) is 8.72. The van der Waals surface area contributed by atoms with E-state index in [0.29, 0.717) is 0 Å². The molecule has 1 aromatic carbocycles. The Labute approximate surface area is 94.6 Å². The predicted molar refractivity (Wildman–Crippen MR) is 60.9 cm³/mol. The van der Waals surface area contributed by atoms with Crippen LogP contribution in [0.5, 0.6) is 0 Å². The molecule has 1 N–H and O–H groups in total. The maximum absolute atomic E-state index is 11.1. The Morgan fingerprint density at radius 2 is 2.33 bits per heavy atom. The molecule has 0 saturated carbocycles. The summed E-state index contributed by atoms with van der Waals surface area (Å²) < 4.78 is 0. The van der Waals surface area contributed by atoms with Crippen molar-refractivity contribution in [2.75, 3.05) is 0 Å². The van der Waals surface area contributed by atoms with Crippen molar-refractivity contribution in [3.8, 4) is 0 Å². The maximum atomic E-state index is 11.1. The Hall–Kier alpha value is -1.02. The third-order valence-electron chi connectivity index (χ3n) is 2.83. The number of halogens is 1. The summed E-state index contributed by atoms with van der Waals surface area (Å²) in [5.74, 6) is 0.0211. The van der Waals surface area contributed by atoms with Crippen molar-refractivity contribution in [3.05, 3.63) is 34.3 Å². The molecule has 0 aliphatic heterocycles. The molecule has 0 spiro atoms. The second kappa shape index (κ2) is 4.23. The monoisotopic (exact) mass is 223 g/mol. The number of hydrogen-bond acceptors (Lipinski definition) is 1. The summed E-state index contributed by atoms with van der Waals surface area (Å²) in [6, 6.07) is 6.06. The lowest BCUT2D eigenvalue weighted by atomic mass is 9.87. The van der Waals surface area contributed by atoms with Crippen molar-refractivity contribution in [2.45, 2.75) is 32.2 Å². The number of carbonyl (C=O) groups is 1. The zero-order chi connectivity index (χ0) is 10.8. The fourth-order valence-electron chi connectivity index (χ4n) is 2.20. The average molecular weight is 224 g/mol. The predicted octanol–water partition coefficient (Wildman–Crippen LogP) is 2.85. The Morgan fingerprint density at radius 1 is 1.53 bits per heavy atom. The van der Waals surface area contributed by atoms with Gasteiger partial charge < -0.3 is 5.32 Å². The molecule has 0 aromatic heterocycles. The topological polar surface area (TPSA) is 29.1 Å². The molecule has 1 atom stereocenters. The molecule has 1 unspecified atom stereocenters. The highest BCUT2D eigenvalue weighted by molar-refractivity contribution is 6.31. The van der Waals surface area contributed by atoms with Crippen LogP contribution in [0.2, 0.25) is 5.02 Å². The molecule has 0 heterocycles. The summed E-state index contributed by atoms with van der Waals surface area (Å²) in [4.78, 5) is 11.1. The second-order valence-corrected chi connectivity index (χ2v) is 4.36. The maximum Gasteiger partial charge on any atom is 0.217 e. The molecule has 0 radical (unpaired) electrons. The minimum Gasteiger partial charge on any atom is -0.350 e. The minimum absolute atomic E-state index is 0.0211. The van der Waals surface area contributed by atoms with E-state index in [4.69, 9.17) is 11.6 Å². The van der Waals surface area contributed by atoms with Gasteiger partial charge in [-0.3, -0.25) is 4.79 Å². The Balaban J connectivity index is 2.34. The SMILES string of the molecule is CC(=O)NC1CCCc2c(Cl)cccc21. The van der Waals surface area contributed by atoms with Crippen LogP contribution >= 0.6 is 11.6 Å². The summed E-state index contributed by atoms with van der Waals surface area (Å²) in [6.45, 7) is 1.55. The standard InChI is InChI=1S/C12H14ClNO/c1-8(15)14-12-7-3-4-9-10(12)5-2-6-11(9)13/h2,5-6,12H,3-4,7H2,1H3,(H,14,15). The smallest absolute Gasteiger partial charge is 0.217 e. The quantitative estimate of drug-likeness (QED) is 0.780. The molecular weight excluding hydrogens is 210 g/mol. The van der Waals surface area contributed by atoms with E-state index in [-0.39, 0.29) is 11.9 Å². The van der Waals surface area contributed by atoms with E-state index >= 15 is 0 Å². The first kappa shape index (κ1) is 10.5. The largest absolute Gasteiger partial charge is 0.350 e. The summed E-state index contributed by atoms with van der Waals surface area (Å²) in [5.41, 5.74) is 2.38. The van der Waals surface area contributed by atoms with Gasteiger partial charge in [0, 0.05) is 11.9 Å². The third-order valence-corrected chi connectivity index (χ3v) is 3.18. The van der Waals surface area contributed by atoms with Crippen LogP contribution in [-0.4, -0.2) is 5.91 Å². The Bertz CT molecular complexity index is 389. The van der Waals surface area contributed by atoms with Crippen molar-refractivity contribution >= 4 is 17.5 Å². The first-order valence-corrected chi connectivity index (χ1v) is 5.60. The molecule has 0 bridgehead atoms. The molecule has 1 amide bonds. The van der Waals surface area contributed by atoms with Crippen LogP contribution in [0.25, 0.3) is 0 Å². The van der Waals surface area contributed by atoms with Crippen LogP contribution in [0.1, 0.15) is 36.9 Å². The van der Waals surface area contributed by atoms with Crippen molar-refractivity contribution in [2.24, 2.45) is 0 Å². The molecule has 0 saturated heterocycles. The highest BCUT2D eigenvalue weighted by Crippen LogP contribution is 2.33. The molecule has 3 heteroatoms. The molecule has 80 valence electrons. The first-order valence-electron chi connectivity index (χ1n) is 5.23. The van der Waals surface area contributed by atoms with Crippen molar-refractivity contribution in [3.63, 3.8) is 0 Å². The normalized spacial score (nSPS) is 19.5. The molecule has 1 aliphatic rings. The highest BCUT2D eigenvalue weighted by atomic mass is 35.5. The summed E-state index contributed by atoms with van der Waals surface area (Å²) >= 11 is 6.13. The molecular formula is C12H14ClNO. The number of nitrogens with one attached hydrogen (secondary N) is 1. The van der Waals surface area contributed by atoms with Gasteiger partial charge in [-0.2, -0.15) is 0 Å². The summed E-state index contributed by atoms with van der Waals surface area (Å²) in [7, 11) is 0. The van der Waals surface area contributed by atoms with Gasteiger partial charge in [0.05, 0.1) is 6.04 Å². The van der Waals surface area contributed by atoms with Gasteiger partial charge in [0.1, 0.15) is 0 Å². The van der Waals surface area contributed by atoms with Crippen molar-refractivity contribution < 1.29 is 4.79 Å². The van der Waals surface area contributed by atoms with E-state index in [1.807, 2.05) is 12.1 Å². The number of amides is 1. The van der Waals surface area contributed by atoms with Gasteiger partial charge in [-0.05, 0) is 36.5 Å². The fourth-order valence-corrected chi connectivity index (χ4v) is 2.48. The molecule has 1 aromatic rings. The van der Waals surface area contributed by atoms with Crippen LogP contribution < -0.4 is 5.32 Å². The van der Waals surface area contributed by atoms with Gasteiger partial charge in [0.25, 0.3) is 0 Å². The van der Waals surface area contributed by atoms with Crippen LogP contribution in [-0.2, 0) is 11.2 Å². The van der Waals surface area contributed by atoms with E-state index in [2.05, 4.69) is 11.4 Å². The lowest BCUT2D eigenvalue weighted by Crippen LogP contribution is -2.29. The van der Waals surface area contributed by atoms with Gasteiger partial charge in [0.15, 0.2) is 0 Å². The van der Waals surface area contributed by atoms with Crippen molar-refractivity contribution in [1.29, 1.82) is 0 Å². The van der Waals surface area contributed by atoms with Gasteiger partial charge in [-0.15, -0.1) is 0 Å². The Morgan fingerprint density at radius 3 is 3.07 bits per heavy atom. The fraction of sp³-hybridized carbons (Fsp3) is 0.417. The number of benzene rings is 1. The first-order chi connectivity index (χ1) is 7.18.